The number of non-ortho nitro benzene ring substituents is 1. The zero-order valence-electron chi connectivity index (χ0n) is 16.8. The number of nitro groups is 1. The van der Waals surface area contributed by atoms with Gasteiger partial charge in [0, 0.05) is 36.7 Å². The van der Waals surface area contributed by atoms with Gasteiger partial charge in [0.05, 0.1) is 16.3 Å². The summed E-state index contributed by atoms with van der Waals surface area (Å²) in [4.78, 5) is 13.5. The summed E-state index contributed by atoms with van der Waals surface area (Å²) in [5.41, 5.74) is 4.40. The molecule has 1 N–H and O–H groups in total. The van der Waals surface area contributed by atoms with E-state index in [0.29, 0.717) is 5.92 Å². The van der Waals surface area contributed by atoms with Crippen molar-refractivity contribution in [2.24, 2.45) is 0 Å². The molecule has 1 aromatic carbocycles. The first-order chi connectivity index (χ1) is 13.6. The van der Waals surface area contributed by atoms with Crippen LogP contribution in [0.15, 0.2) is 18.2 Å². The van der Waals surface area contributed by atoms with E-state index >= 15 is 0 Å². The second kappa shape index (κ2) is 7.91. The van der Waals surface area contributed by atoms with Crippen molar-refractivity contribution in [2.75, 3.05) is 31.5 Å². The fraction of sp³-hybridized carbons (Fsp3) is 0.571. The van der Waals surface area contributed by atoms with Crippen LogP contribution in [0, 0.1) is 17.0 Å². The van der Waals surface area contributed by atoms with Crippen molar-refractivity contribution in [3.05, 3.63) is 45.1 Å². The van der Waals surface area contributed by atoms with Gasteiger partial charge >= 0.3 is 0 Å². The quantitative estimate of drug-likeness (QED) is 0.637. The number of nitrogens with one attached hydrogen (secondary N) is 1. The largest absolute Gasteiger partial charge is 0.370 e. The van der Waals surface area contributed by atoms with E-state index in [-0.39, 0.29) is 10.6 Å². The molecule has 0 spiro atoms. The molecule has 2 aliphatic rings. The molecule has 28 heavy (non-hydrogen) atoms. The molecule has 0 aliphatic carbocycles. The predicted octanol–water partition coefficient (Wildman–Crippen LogP) is 4.04. The fourth-order valence-electron chi connectivity index (χ4n) is 4.54. The van der Waals surface area contributed by atoms with Crippen LogP contribution in [0.4, 0.5) is 11.5 Å². The van der Waals surface area contributed by atoms with Crippen LogP contribution in [0.2, 0.25) is 0 Å². The van der Waals surface area contributed by atoms with Gasteiger partial charge in [0.15, 0.2) is 0 Å². The molecular formula is C21H29N5O2. The Bertz CT molecular complexity index is 876. The molecule has 0 radical (unpaired) electrons. The second-order valence-electron chi connectivity index (χ2n) is 7.97. The second-order valence-corrected chi connectivity index (χ2v) is 7.97. The monoisotopic (exact) mass is 383 g/mol. The molecule has 4 rings (SSSR count). The third kappa shape index (κ3) is 3.51. The van der Waals surface area contributed by atoms with Gasteiger partial charge in [0.1, 0.15) is 5.82 Å². The van der Waals surface area contributed by atoms with Crippen LogP contribution in [0.25, 0.3) is 5.69 Å². The lowest BCUT2D eigenvalue weighted by Gasteiger charge is -2.31. The lowest BCUT2D eigenvalue weighted by molar-refractivity contribution is -0.384. The van der Waals surface area contributed by atoms with Gasteiger partial charge in [-0.2, -0.15) is 5.10 Å². The minimum absolute atomic E-state index is 0.106. The molecule has 7 heteroatoms. The van der Waals surface area contributed by atoms with E-state index in [0.717, 1.165) is 68.9 Å². The molecule has 7 nitrogen and oxygen atoms in total. The van der Waals surface area contributed by atoms with Gasteiger partial charge in [0.25, 0.3) is 5.69 Å². The normalized spacial score (nSPS) is 20.3. The highest BCUT2D eigenvalue weighted by molar-refractivity contribution is 5.58. The summed E-state index contributed by atoms with van der Waals surface area (Å²) in [5.74, 6) is 1.47. The van der Waals surface area contributed by atoms with Crippen LogP contribution in [-0.4, -0.2) is 45.8 Å². The molecule has 0 saturated carbocycles. The maximum absolute atomic E-state index is 11.3. The van der Waals surface area contributed by atoms with E-state index in [2.05, 4.69) is 17.1 Å². The van der Waals surface area contributed by atoms with E-state index in [4.69, 9.17) is 5.10 Å². The minimum atomic E-state index is -0.334. The number of rotatable bonds is 4. The van der Waals surface area contributed by atoms with Crippen molar-refractivity contribution in [3.8, 4) is 5.69 Å². The average molecular weight is 383 g/mol. The molecule has 0 amide bonds. The summed E-state index contributed by atoms with van der Waals surface area (Å²) in [6.45, 7) is 8.41. The summed E-state index contributed by atoms with van der Waals surface area (Å²) in [6.07, 6.45) is 5.66. The lowest BCUT2D eigenvalue weighted by atomic mass is 9.91. The SMILES string of the molecule is CCN1CCCC(c2nn(-c3cc([N+](=O)[O-])ccc3C)c3c2CCCCN3)C1. The Morgan fingerprint density at radius 1 is 1.32 bits per heavy atom. The van der Waals surface area contributed by atoms with Crippen molar-refractivity contribution in [1.29, 1.82) is 0 Å². The standard InChI is InChI=1S/C21H29N5O2/c1-3-24-12-6-7-16(14-24)20-18-8-4-5-11-22-21(18)25(23-20)19-13-17(26(27)28)10-9-15(19)2/h9-10,13,16,22H,3-8,11-12,14H2,1-2H3. The Kier molecular flexibility index (Phi) is 5.35. The van der Waals surface area contributed by atoms with Crippen molar-refractivity contribution >= 4 is 11.5 Å². The first kappa shape index (κ1) is 18.9. The zero-order valence-corrected chi connectivity index (χ0v) is 16.8. The summed E-state index contributed by atoms with van der Waals surface area (Å²) in [6, 6.07) is 5.03. The highest BCUT2D eigenvalue weighted by Crippen LogP contribution is 2.36. The Morgan fingerprint density at radius 2 is 2.18 bits per heavy atom. The first-order valence-electron chi connectivity index (χ1n) is 10.4. The summed E-state index contributed by atoms with van der Waals surface area (Å²) >= 11 is 0. The number of nitro benzene ring substituents is 1. The van der Waals surface area contributed by atoms with Gasteiger partial charge in [-0.05, 0) is 57.7 Å². The number of hydrogen-bond acceptors (Lipinski definition) is 5. The number of anilines is 1. The van der Waals surface area contributed by atoms with E-state index in [9.17, 15) is 10.1 Å². The number of likely N-dealkylation sites (tertiary alicyclic amines) is 1. The Hall–Kier alpha value is -2.41. The van der Waals surface area contributed by atoms with Crippen molar-refractivity contribution < 1.29 is 4.92 Å². The highest BCUT2D eigenvalue weighted by atomic mass is 16.6. The number of aromatic nitrogens is 2. The molecule has 1 saturated heterocycles. The maximum atomic E-state index is 11.3. The number of aryl methyl sites for hydroxylation is 1. The summed E-state index contributed by atoms with van der Waals surface area (Å²) in [7, 11) is 0. The lowest BCUT2D eigenvalue weighted by Crippen LogP contribution is -2.34. The molecule has 1 unspecified atom stereocenters. The van der Waals surface area contributed by atoms with Crippen molar-refractivity contribution in [1.82, 2.24) is 14.7 Å². The van der Waals surface area contributed by atoms with Crippen molar-refractivity contribution in [3.63, 3.8) is 0 Å². The van der Waals surface area contributed by atoms with Gasteiger partial charge in [-0.3, -0.25) is 10.1 Å². The molecule has 2 aliphatic heterocycles. The van der Waals surface area contributed by atoms with Gasteiger partial charge in [-0.25, -0.2) is 4.68 Å². The number of likely N-dealkylation sites (N-methyl/N-ethyl adjacent to an activating group) is 1. The topological polar surface area (TPSA) is 76.2 Å². The van der Waals surface area contributed by atoms with E-state index in [1.807, 2.05) is 17.7 Å². The number of hydrogen-bond donors (Lipinski definition) is 1. The maximum Gasteiger partial charge on any atom is 0.271 e. The molecular weight excluding hydrogens is 354 g/mol. The van der Waals surface area contributed by atoms with Crippen LogP contribution >= 0.6 is 0 Å². The van der Waals surface area contributed by atoms with Crippen LogP contribution in [0.1, 0.15) is 55.3 Å². The van der Waals surface area contributed by atoms with Crippen LogP contribution in [-0.2, 0) is 6.42 Å². The summed E-state index contributed by atoms with van der Waals surface area (Å²) < 4.78 is 1.93. The molecule has 1 aromatic heterocycles. The summed E-state index contributed by atoms with van der Waals surface area (Å²) in [5, 5.41) is 19.9. The van der Waals surface area contributed by atoms with Gasteiger partial charge in [-0.1, -0.05) is 13.0 Å². The molecule has 2 aromatic rings. The van der Waals surface area contributed by atoms with E-state index < -0.39 is 0 Å². The number of piperidine rings is 1. The number of nitrogens with zero attached hydrogens (tertiary/aromatic N) is 4. The highest BCUT2D eigenvalue weighted by Gasteiger charge is 2.29. The third-order valence-corrected chi connectivity index (χ3v) is 6.13. The zero-order chi connectivity index (χ0) is 19.7. The number of fused-ring (bicyclic) bond motifs is 1. The predicted molar refractivity (Wildman–Crippen MR) is 110 cm³/mol. The average Bonchev–Trinajstić information content (AvgIpc) is 2.89. The Labute approximate surface area is 165 Å². The molecule has 3 heterocycles. The Balaban J connectivity index is 1.82. The van der Waals surface area contributed by atoms with Crippen LogP contribution in [0.3, 0.4) is 0 Å². The van der Waals surface area contributed by atoms with Crippen LogP contribution < -0.4 is 5.32 Å². The fourth-order valence-corrected chi connectivity index (χ4v) is 4.54. The van der Waals surface area contributed by atoms with E-state index in [1.54, 1.807) is 12.1 Å². The Morgan fingerprint density at radius 3 is 2.96 bits per heavy atom. The molecule has 0 bridgehead atoms. The molecule has 1 fully saturated rings. The number of benzene rings is 1. The minimum Gasteiger partial charge on any atom is -0.370 e. The smallest absolute Gasteiger partial charge is 0.271 e. The van der Waals surface area contributed by atoms with Gasteiger partial charge in [-0.15, -0.1) is 0 Å². The van der Waals surface area contributed by atoms with Crippen molar-refractivity contribution in [2.45, 2.75) is 51.9 Å². The van der Waals surface area contributed by atoms with Gasteiger partial charge in [0.2, 0.25) is 0 Å². The first-order valence-corrected chi connectivity index (χ1v) is 10.4. The van der Waals surface area contributed by atoms with Gasteiger partial charge < -0.3 is 10.2 Å². The molecule has 1 atom stereocenters. The molecule has 150 valence electrons. The van der Waals surface area contributed by atoms with E-state index in [1.165, 1.54) is 17.7 Å². The third-order valence-electron chi connectivity index (χ3n) is 6.13. The van der Waals surface area contributed by atoms with Crippen LogP contribution in [0.5, 0.6) is 0 Å².